The average molecular weight is 438 g/mol. The van der Waals surface area contributed by atoms with E-state index in [1.165, 1.54) is 6.42 Å². The highest BCUT2D eigenvalue weighted by atomic mass is 16.1. The number of fused-ring (bicyclic) bond motifs is 1. The van der Waals surface area contributed by atoms with Crippen LogP contribution in [-0.2, 0) is 0 Å². The van der Waals surface area contributed by atoms with E-state index >= 15 is 0 Å². The summed E-state index contributed by atoms with van der Waals surface area (Å²) in [6.07, 6.45) is 7.69. The summed E-state index contributed by atoms with van der Waals surface area (Å²) in [5, 5.41) is 7.97. The number of H-pyrrole nitrogens is 2. The minimum Gasteiger partial charge on any atom is -0.358 e. The maximum Gasteiger partial charge on any atom is 0.277 e. The second kappa shape index (κ2) is 8.54. The molecule has 0 unspecified atom stereocenters. The van der Waals surface area contributed by atoms with E-state index in [1.54, 1.807) is 6.07 Å². The van der Waals surface area contributed by atoms with Gasteiger partial charge in [-0.15, -0.1) is 0 Å². The van der Waals surface area contributed by atoms with Crippen molar-refractivity contribution in [1.29, 1.82) is 0 Å². The van der Waals surface area contributed by atoms with Gasteiger partial charge >= 0.3 is 0 Å². The van der Waals surface area contributed by atoms with Crippen LogP contribution in [0, 0.1) is 6.92 Å². The Hall–Kier alpha value is -2.94. The van der Waals surface area contributed by atoms with Crippen molar-refractivity contribution in [3.8, 4) is 11.4 Å². The quantitative estimate of drug-likeness (QED) is 0.578. The first-order valence-corrected chi connectivity index (χ1v) is 11.7. The standard InChI is InChI=1S/C23H31N7O2/c1-14-19-20(30(28-14)16-6-4-3-5-7-16)23(32)27-21(26-19)17-8-9-18(25-22(17)31)29-12-10-15(24-2)11-13-29/h8-9,15-16,24H,3-7,10-13H2,1-2H3,(H,25,31)(H,26,27,32). The SMILES string of the molecule is CNC1CCN(c2ccc(-c3nc4c(C)nn(C5CCCCC5)c4c(=O)[nH]3)c(=O)[nH]2)CC1. The maximum absolute atomic E-state index is 13.1. The Morgan fingerprint density at radius 3 is 2.44 bits per heavy atom. The van der Waals surface area contributed by atoms with Gasteiger partial charge < -0.3 is 20.2 Å². The van der Waals surface area contributed by atoms with Crippen molar-refractivity contribution in [3.05, 3.63) is 38.5 Å². The van der Waals surface area contributed by atoms with E-state index in [2.05, 4.69) is 30.3 Å². The summed E-state index contributed by atoms with van der Waals surface area (Å²) in [6, 6.07) is 4.42. The van der Waals surface area contributed by atoms with Gasteiger partial charge in [0, 0.05) is 19.1 Å². The molecule has 0 atom stereocenters. The van der Waals surface area contributed by atoms with Gasteiger partial charge in [0.2, 0.25) is 0 Å². The minimum atomic E-state index is -0.252. The van der Waals surface area contributed by atoms with E-state index in [-0.39, 0.29) is 23.0 Å². The topological polar surface area (TPSA) is 112 Å². The third-order valence-corrected chi connectivity index (χ3v) is 7.04. The van der Waals surface area contributed by atoms with Crippen LogP contribution in [0.4, 0.5) is 5.82 Å². The Morgan fingerprint density at radius 2 is 1.75 bits per heavy atom. The Labute approximate surface area is 186 Å². The third kappa shape index (κ3) is 3.74. The molecule has 9 heteroatoms. The summed E-state index contributed by atoms with van der Waals surface area (Å²) < 4.78 is 1.86. The molecular weight excluding hydrogens is 406 g/mol. The lowest BCUT2D eigenvalue weighted by atomic mass is 9.95. The molecule has 1 aliphatic carbocycles. The highest BCUT2D eigenvalue weighted by molar-refractivity contribution is 5.78. The molecule has 0 spiro atoms. The molecule has 0 radical (unpaired) electrons. The predicted molar refractivity (Wildman–Crippen MR) is 125 cm³/mol. The van der Waals surface area contributed by atoms with Crippen molar-refractivity contribution >= 4 is 16.9 Å². The lowest BCUT2D eigenvalue weighted by molar-refractivity contribution is 0.336. The lowest BCUT2D eigenvalue weighted by Crippen LogP contribution is -2.42. The number of aryl methyl sites for hydroxylation is 1. The zero-order chi connectivity index (χ0) is 22.2. The molecule has 32 heavy (non-hydrogen) atoms. The molecule has 3 N–H and O–H groups in total. The fourth-order valence-electron chi connectivity index (χ4n) is 5.15. The minimum absolute atomic E-state index is 0.239. The second-order valence-electron chi connectivity index (χ2n) is 9.07. The number of hydrogen-bond acceptors (Lipinski definition) is 6. The third-order valence-electron chi connectivity index (χ3n) is 7.04. The molecule has 4 heterocycles. The summed E-state index contributed by atoms with van der Waals surface area (Å²) >= 11 is 0. The van der Waals surface area contributed by atoms with E-state index < -0.39 is 0 Å². The number of anilines is 1. The first-order valence-electron chi connectivity index (χ1n) is 11.7. The van der Waals surface area contributed by atoms with Gasteiger partial charge in [-0.05, 0) is 51.8 Å². The van der Waals surface area contributed by atoms with Crippen LogP contribution >= 0.6 is 0 Å². The van der Waals surface area contributed by atoms with E-state index in [4.69, 9.17) is 0 Å². The van der Waals surface area contributed by atoms with Gasteiger partial charge in [-0.25, -0.2) is 4.98 Å². The van der Waals surface area contributed by atoms with Crippen molar-refractivity contribution < 1.29 is 0 Å². The lowest BCUT2D eigenvalue weighted by Gasteiger charge is -2.33. The van der Waals surface area contributed by atoms with Gasteiger partial charge in [0.05, 0.1) is 17.3 Å². The molecular formula is C23H31N7O2. The summed E-state index contributed by atoms with van der Waals surface area (Å²) in [4.78, 5) is 38.6. The van der Waals surface area contributed by atoms with E-state index in [0.717, 1.165) is 63.1 Å². The van der Waals surface area contributed by atoms with Gasteiger partial charge in [-0.2, -0.15) is 5.10 Å². The Balaban J connectivity index is 1.48. The summed E-state index contributed by atoms with van der Waals surface area (Å²) in [7, 11) is 1.99. The molecule has 9 nitrogen and oxygen atoms in total. The number of rotatable bonds is 4. The van der Waals surface area contributed by atoms with Crippen molar-refractivity contribution in [3.63, 3.8) is 0 Å². The Kier molecular flexibility index (Phi) is 5.58. The molecule has 1 aliphatic heterocycles. The highest BCUT2D eigenvalue weighted by Gasteiger charge is 2.23. The molecule has 0 bridgehead atoms. The first kappa shape index (κ1) is 20.9. The number of hydrogen-bond donors (Lipinski definition) is 3. The molecule has 3 aromatic heterocycles. The van der Waals surface area contributed by atoms with Crippen LogP contribution in [0.15, 0.2) is 21.7 Å². The monoisotopic (exact) mass is 437 g/mol. The molecule has 0 aromatic carbocycles. The normalized spacial score (nSPS) is 18.5. The molecule has 3 aromatic rings. The molecule has 170 valence electrons. The van der Waals surface area contributed by atoms with Gasteiger partial charge in [-0.1, -0.05) is 19.3 Å². The smallest absolute Gasteiger partial charge is 0.277 e. The van der Waals surface area contributed by atoms with Crippen molar-refractivity contribution in [2.75, 3.05) is 25.0 Å². The van der Waals surface area contributed by atoms with Crippen LogP contribution in [-0.4, -0.2) is 50.9 Å². The molecule has 1 saturated carbocycles. The average Bonchev–Trinajstić information content (AvgIpc) is 3.16. The van der Waals surface area contributed by atoms with Gasteiger partial charge in [-0.3, -0.25) is 14.3 Å². The predicted octanol–water partition coefficient (Wildman–Crippen LogP) is 2.48. The number of aromatic nitrogens is 5. The largest absolute Gasteiger partial charge is 0.358 e. The molecule has 5 rings (SSSR count). The Morgan fingerprint density at radius 1 is 1.00 bits per heavy atom. The molecule has 2 fully saturated rings. The van der Waals surface area contributed by atoms with E-state index in [0.29, 0.717) is 22.6 Å². The number of nitrogens with zero attached hydrogens (tertiary/aromatic N) is 4. The fourth-order valence-corrected chi connectivity index (χ4v) is 5.15. The summed E-state index contributed by atoms with van der Waals surface area (Å²) in [6.45, 7) is 3.66. The van der Waals surface area contributed by atoms with Crippen LogP contribution in [0.25, 0.3) is 22.4 Å². The van der Waals surface area contributed by atoms with Crippen LogP contribution in [0.1, 0.15) is 56.7 Å². The van der Waals surface area contributed by atoms with E-state index in [1.807, 2.05) is 24.7 Å². The van der Waals surface area contributed by atoms with Gasteiger partial charge in [0.1, 0.15) is 17.2 Å². The highest BCUT2D eigenvalue weighted by Crippen LogP contribution is 2.30. The Bertz CT molecular complexity index is 1230. The number of piperidine rings is 1. The zero-order valence-electron chi connectivity index (χ0n) is 18.8. The van der Waals surface area contributed by atoms with Crippen LogP contribution in [0.3, 0.4) is 0 Å². The number of pyridine rings is 1. The summed E-state index contributed by atoms with van der Waals surface area (Å²) in [5.74, 6) is 1.09. The summed E-state index contributed by atoms with van der Waals surface area (Å²) in [5.41, 5.74) is 1.68. The molecule has 0 amide bonds. The van der Waals surface area contributed by atoms with E-state index in [9.17, 15) is 9.59 Å². The molecule has 2 aliphatic rings. The van der Waals surface area contributed by atoms with Crippen molar-refractivity contribution in [2.45, 2.75) is 64.0 Å². The van der Waals surface area contributed by atoms with Crippen molar-refractivity contribution in [1.82, 2.24) is 30.0 Å². The zero-order valence-corrected chi connectivity index (χ0v) is 18.8. The van der Waals surface area contributed by atoms with Crippen molar-refractivity contribution in [2.24, 2.45) is 0 Å². The van der Waals surface area contributed by atoms with Gasteiger partial charge in [0.15, 0.2) is 5.52 Å². The maximum atomic E-state index is 13.1. The van der Waals surface area contributed by atoms with Crippen LogP contribution in [0.5, 0.6) is 0 Å². The number of aromatic amines is 2. The fraction of sp³-hybridized carbons (Fsp3) is 0.565. The van der Waals surface area contributed by atoms with Crippen LogP contribution < -0.4 is 21.3 Å². The molecule has 1 saturated heterocycles. The first-order chi connectivity index (χ1) is 15.5. The second-order valence-corrected chi connectivity index (χ2v) is 9.07. The number of nitrogens with one attached hydrogen (secondary N) is 3. The van der Waals surface area contributed by atoms with Gasteiger partial charge in [0.25, 0.3) is 11.1 Å². The van der Waals surface area contributed by atoms with Crippen LogP contribution in [0.2, 0.25) is 0 Å².